The summed E-state index contributed by atoms with van der Waals surface area (Å²) in [6.45, 7) is 9.30. The van der Waals surface area contributed by atoms with Gasteiger partial charge in [-0.05, 0) is 75.9 Å². The van der Waals surface area contributed by atoms with Gasteiger partial charge in [-0.3, -0.25) is 9.71 Å². The molecule has 3 rings (SSSR count). The minimum atomic E-state index is 0.220. The molecule has 3 nitrogen and oxygen atoms in total. The zero-order valence-electron chi connectivity index (χ0n) is 15.9. The van der Waals surface area contributed by atoms with Crippen LogP contribution in [0.4, 0.5) is 0 Å². The Morgan fingerprint density at radius 3 is 2.88 bits per heavy atom. The van der Waals surface area contributed by atoms with E-state index in [1.54, 1.807) is 11.9 Å². The van der Waals surface area contributed by atoms with Crippen LogP contribution in [0.3, 0.4) is 0 Å². The summed E-state index contributed by atoms with van der Waals surface area (Å²) in [5, 5.41) is 1.05. The molecule has 0 fully saturated rings. The number of nitrogens with zero attached hydrogens (tertiary/aromatic N) is 1. The van der Waals surface area contributed by atoms with Crippen LogP contribution in [-0.4, -0.2) is 17.6 Å². The first-order chi connectivity index (χ1) is 12.5. The van der Waals surface area contributed by atoms with Gasteiger partial charge in [0.05, 0.1) is 5.52 Å². The summed E-state index contributed by atoms with van der Waals surface area (Å²) in [4.78, 5) is 5.71. The fourth-order valence-corrected chi connectivity index (χ4v) is 3.85. The maximum atomic E-state index is 6.06. The average Bonchev–Trinajstić information content (AvgIpc) is 2.76. The molecule has 4 heteroatoms. The van der Waals surface area contributed by atoms with E-state index in [9.17, 15) is 0 Å². The van der Waals surface area contributed by atoms with Gasteiger partial charge in [0.15, 0.2) is 0 Å². The van der Waals surface area contributed by atoms with Gasteiger partial charge in [-0.25, -0.2) is 0 Å². The van der Waals surface area contributed by atoms with E-state index in [4.69, 9.17) is 4.74 Å². The molecule has 0 saturated heterocycles. The Hall–Kier alpha value is -2.04. The molecule has 0 bridgehead atoms. The highest BCUT2D eigenvalue weighted by Crippen LogP contribution is 2.31. The van der Waals surface area contributed by atoms with Gasteiger partial charge in [-0.15, -0.1) is 0 Å². The molecule has 136 valence electrons. The van der Waals surface area contributed by atoms with Crippen molar-refractivity contribution >= 4 is 22.9 Å². The van der Waals surface area contributed by atoms with Crippen molar-refractivity contribution in [2.45, 2.75) is 40.2 Å². The van der Waals surface area contributed by atoms with Crippen molar-refractivity contribution in [2.75, 3.05) is 6.61 Å². The van der Waals surface area contributed by atoms with E-state index in [1.807, 2.05) is 36.5 Å². The van der Waals surface area contributed by atoms with E-state index >= 15 is 0 Å². The van der Waals surface area contributed by atoms with Gasteiger partial charge in [0.2, 0.25) is 0 Å². The lowest BCUT2D eigenvalue weighted by atomic mass is 10.1. The Morgan fingerprint density at radius 1 is 1.19 bits per heavy atom. The predicted octanol–water partition coefficient (Wildman–Crippen LogP) is 5.81. The lowest BCUT2D eigenvalue weighted by Gasteiger charge is -2.17. The number of fused-ring (bicyclic) bond motifs is 1. The summed E-state index contributed by atoms with van der Waals surface area (Å²) < 4.78 is 9.59. The molecule has 0 saturated carbocycles. The second-order valence-corrected chi connectivity index (χ2v) is 7.70. The van der Waals surface area contributed by atoms with Crippen LogP contribution in [0.25, 0.3) is 10.9 Å². The van der Waals surface area contributed by atoms with E-state index in [0.717, 1.165) is 23.1 Å². The summed E-state index contributed by atoms with van der Waals surface area (Å²) >= 11 is 1.71. The number of ether oxygens (including phenoxy) is 1. The molecule has 0 radical (unpaired) electrons. The molecular weight excluding hydrogens is 340 g/mol. The highest BCUT2D eigenvalue weighted by molar-refractivity contribution is 8.01. The number of hydrogen-bond acceptors (Lipinski definition) is 4. The first kappa shape index (κ1) is 18.7. The largest absolute Gasteiger partial charge is 0.491 e. The van der Waals surface area contributed by atoms with Gasteiger partial charge in [0.1, 0.15) is 12.4 Å². The van der Waals surface area contributed by atoms with E-state index < -0.39 is 0 Å². The number of nitrogens with one attached hydrogen (secondary N) is 1. The van der Waals surface area contributed by atoms with Gasteiger partial charge in [-0.1, -0.05) is 29.4 Å². The molecule has 0 spiro atoms. The highest BCUT2D eigenvalue weighted by atomic mass is 32.2. The molecule has 1 heterocycles. The monoisotopic (exact) mass is 366 g/mol. The molecule has 2 aromatic rings. The summed E-state index contributed by atoms with van der Waals surface area (Å²) in [5.41, 5.74) is 5.02. The zero-order valence-corrected chi connectivity index (χ0v) is 16.7. The van der Waals surface area contributed by atoms with Crippen molar-refractivity contribution in [3.05, 3.63) is 70.3 Å². The van der Waals surface area contributed by atoms with E-state index in [2.05, 4.69) is 49.6 Å². The summed E-state index contributed by atoms with van der Waals surface area (Å²) in [6.07, 6.45) is 7.36. The molecule has 1 unspecified atom stereocenters. The van der Waals surface area contributed by atoms with Crippen molar-refractivity contribution in [1.82, 2.24) is 9.71 Å². The molecule has 1 aliphatic rings. The molecule has 1 aliphatic carbocycles. The van der Waals surface area contributed by atoms with Crippen LogP contribution in [0.5, 0.6) is 5.75 Å². The van der Waals surface area contributed by atoms with Crippen LogP contribution in [0.2, 0.25) is 0 Å². The number of benzene rings is 1. The Kier molecular flexibility index (Phi) is 6.17. The Morgan fingerprint density at radius 2 is 2.04 bits per heavy atom. The van der Waals surface area contributed by atoms with Crippen molar-refractivity contribution in [2.24, 2.45) is 0 Å². The Bertz CT molecular complexity index is 877. The quantitative estimate of drug-likeness (QED) is 0.654. The first-order valence-corrected chi connectivity index (χ1v) is 9.80. The van der Waals surface area contributed by atoms with Crippen LogP contribution < -0.4 is 9.46 Å². The van der Waals surface area contributed by atoms with E-state index in [-0.39, 0.29) is 6.04 Å². The number of rotatable bonds is 6. The number of allylic oxidation sites excluding steroid dienone is 5. The van der Waals surface area contributed by atoms with Gasteiger partial charge >= 0.3 is 0 Å². The number of aromatic nitrogens is 1. The second-order valence-electron chi connectivity index (χ2n) is 6.85. The van der Waals surface area contributed by atoms with Crippen LogP contribution >= 0.6 is 11.9 Å². The van der Waals surface area contributed by atoms with Crippen molar-refractivity contribution in [3.8, 4) is 5.75 Å². The summed E-state index contributed by atoms with van der Waals surface area (Å²) in [7, 11) is 0. The fraction of sp³-hybridized carbons (Fsp3) is 0.318. The van der Waals surface area contributed by atoms with Crippen molar-refractivity contribution in [3.63, 3.8) is 0 Å². The van der Waals surface area contributed by atoms with Gasteiger partial charge in [0.25, 0.3) is 0 Å². The van der Waals surface area contributed by atoms with E-state index in [1.165, 1.54) is 21.6 Å². The molecular formula is C22H26N2OS. The van der Waals surface area contributed by atoms with Gasteiger partial charge in [-0.2, -0.15) is 0 Å². The fourth-order valence-electron chi connectivity index (χ4n) is 2.99. The minimum Gasteiger partial charge on any atom is -0.491 e. The van der Waals surface area contributed by atoms with Gasteiger partial charge < -0.3 is 4.74 Å². The average molecular weight is 367 g/mol. The molecule has 1 N–H and O–H groups in total. The molecule has 1 aromatic heterocycles. The maximum absolute atomic E-state index is 6.06. The van der Waals surface area contributed by atoms with Crippen LogP contribution in [-0.2, 0) is 0 Å². The van der Waals surface area contributed by atoms with Gasteiger partial charge in [0, 0.05) is 22.5 Å². The number of pyridine rings is 1. The predicted molar refractivity (Wildman–Crippen MR) is 112 cm³/mol. The zero-order chi connectivity index (χ0) is 18.5. The smallest absolute Gasteiger partial charge is 0.128 e. The molecule has 26 heavy (non-hydrogen) atoms. The lowest BCUT2D eigenvalue weighted by Crippen LogP contribution is -2.27. The normalized spacial score (nSPS) is 16.2. The third-order valence-electron chi connectivity index (χ3n) is 4.38. The summed E-state index contributed by atoms with van der Waals surface area (Å²) in [6, 6.07) is 10.2. The SMILES string of the molecule is CC1=CCC(C)=C(SNC(C)COc2cccc3ncccc23)C(C)=C1. The topological polar surface area (TPSA) is 34.1 Å². The maximum Gasteiger partial charge on any atom is 0.128 e. The second kappa shape index (κ2) is 8.56. The minimum absolute atomic E-state index is 0.220. The van der Waals surface area contributed by atoms with Crippen LogP contribution in [0.1, 0.15) is 34.1 Å². The highest BCUT2D eigenvalue weighted by Gasteiger charge is 2.12. The van der Waals surface area contributed by atoms with Crippen molar-refractivity contribution in [1.29, 1.82) is 0 Å². The molecule has 0 amide bonds. The molecule has 1 aromatic carbocycles. The first-order valence-electron chi connectivity index (χ1n) is 8.98. The third-order valence-corrected chi connectivity index (χ3v) is 5.77. The summed E-state index contributed by atoms with van der Waals surface area (Å²) in [5.74, 6) is 0.884. The molecule has 1 atom stereocenters. The van der Waals surface area contributed by atoms with Crippen molar-refractivity contribution < 1.29 is 4.74 Å². The van der Waals surface area contributed by atoms with Crippen LogP contribution in [0.15, 0.2) is 70.3 Å². The van der Waals surface area contributed by atoms with E-state index in [0.29, 0.717) is 6.61 Å². The standard InChI is InChI=1S/C22H26N2OS/c1-15-10-11-16(2)22(17(3)13-15)26-24-18(4)14-25-21-9-5-8-20-19(21)7-6-12-23-20/h5-10,12-13,18,24H,11,14H2,1-4H3. The Labute approximate surface area is 160 Å². The lowest BCUT2D eigenvalue weighted by molar-refractivity contribution is 0.293. The number of hydrogen-bond donors (Lipinski definition) is 1. The Balaban J connectivity index is 1.59. The van der Waals surface area contributed by atoms with Crippen LogP contribution in [0, 0.1) is 0 Å². The third kappa shape index (κ3) is 4.57. The molecule has 0 aliphatic heterocycles.